The summed E-state index contributed by atoms with van der Waals surface area (Å²) in [5.74, 6) is 0.345. The molecule has 0 radical (unpaired) electrons. The van der Waals surface area contributed by atoms with E-state index in [1.165, 1.54) is 12.1 Å². The third-order valence-corrected chi connectivity index (χ3v) is 3.69. The number of halogens is 1. The van der Waals surface area contributed by atoms with E-state index in [1.807, 2.05) is 18.2 Å². The number of benzene rings is 2. The normalized spacial score (nSPS) is 17.8. The van der Waals surface area contributed by atoms with E-state index in [4.69, 9.17) is 10.5 Å². The van der Waals surface area contributed by atoms with Crippen LogP contribution in [0.1, 0.15) is 12.0 Å². The van der Waals surface area contributed by atoms with E-state index in [2.05, 4.69) is 0 Å². The summed E-state index contributed by atoms with van der Waals surface area (Å²) >= 11 is 0. The summed E-state index contributed by atoms with van der Waals surface area (Å²) in [6.07, 6.45) is 0.677. The van der Waals surface area contributed by atoms with E-state index >= 15 is 0 Å². The highest BCUT2D eigenvalue weighted by Gasteiger charge is 2.29. The van der Waals surface area contributed by atoms with E-state index in [9.17, 15) is 9.18 Å². The number of carbonyl (C=O) groups is 1. The Bertz CT molecular complexity index is 673. The van der Waals surface area contributed by atoms with Gasteiger partial charge in [0.25, 0.3) is 0 Å². The molecule has 2 N–H and O–H groups in total. The van der Waals surface area contributed by atoms with Gasteiger partial charge in [0.15, 0.2) is 0 Å². The molecule has 1 aliphatic rings. The highest BCUT2D eigenvalue weighted by Crippen LogP contribution is 2.24. The predicted octanol–water partition coefficient (Wildman–Crippen LogP) is 2.47. The van der Waals surface area contributed by atoms with Gasteiger partial charge in [0.2, 0.25) is 5.91 Å². The van der Waals surface area contributed by atoms with Gasteiger partial charge in [-0.15, -0.1) is 0 Å². The number of amides is 1. The van der Waals surface area contributed by atoms with Gasteiger partial charge in [-0.2, -0.15) is 0 Å². The lowest BCUT2D eigenvalue weighted by Crippen LogP contribution is -2.33. The zero-order valence-electron chi connectivity index (χ0n) is 12.0. The minimum Gasteiger partial charge on any atom is -0.489 e. The molecule has 2 aromatic carbocycles. The first kappa shape index (κ1) is 14.5. The largest absolute Gasteiger partial charge is 0.489 e. The summed E-state index contributed by atoms with van der Waals surface area (Å²) in [5, 5.41) is 0. The summed E-state index contributed by atoms with van der Waals surface area (Å²) < 4.78 is 18.7. The molecule has 0 unspecified atom stereocenters. The number of ether oxygens (including phenoxy) is 1. The lowest BCUT2D eigenvalue weighted by atomic mass is 10.2. The van der Waals surface area contributed by atoms with E-state index in [-0.39, 0.29) is 11.7 Å². The molecule has 1 aliphatic heterocycles. The fourth-order valence-electron chi connectivity index (χ4n) is 2.47. The molecule has 0 saturated carbocycles. The molecule has 3 rings (SSSR count). The van der Waals surface area contributed by atoms with Gasteiger partial charge in [0.1, 0.15) is 18.2 Å². The van der Waals surface area contributed by atoms with Gasteiger partial charge >= 0.3 is 0 Å². The molecule has 0 bridgehead atoms. The SMILES string of the molecule is N[C@@H]1CCN(c2ccc(OCc3cccc(F)c3)cc2)C1=O. The first-order chi connectivity index (χ1) is 10.6. The number of nitrogens with two attached hydrogens (primary N) is 1. The zero-order chi connectivity index (χ0) is 15.5. The van der Waals surface area contributed by atoms with Crippen LogP contribution in [-0.2, 0) is 11.4 Å². The Kier molecular flexibility index (Phi) is 4.06. The van der Waals surface area contributed by atoms with Crippen molar-refractivity contribution in [3.05, 3.63) is 59.9 Å². The molecule has 1 heterocycles. The van der Waals surface area contributed by atoms with Crippen molar-refractivity contribution in [1.82, 2.24) is 0 Å². The monoisotopic (exact) mass is 300 g/mol. The molecule has 22 heavy (non-hydrogen) atoms. The van der Waals surface area contributed by atoms with Gasteiger partial charge in [0.05, 0.1) is 6.04 Å². The average Bonchev–Trinajstić information content (AvgIpc) is 2.86. The molecular weight excluding hydrogens is 283 g/mol. The summed E-state index contributed by atoms with van der Waals surface area (Å²) in [7, 11) is 0. The fraction of sp³-hybridized carbons (Fsp3) is 0.235. The average molecular weight is 300 g/mol. The van der Waals surface area contributed by atoms with Crippen molar-refractivity contribution in [2.45, 2.75) is 19.1 Å². The standard InChI is InChI=1S/C17H17FN2O2/c18-13-3-1-2-12(10-13)11-22-15-6-4-14(5-7-15)20-9-8-16(19)17(20)21/h1-7,10,16H,8-9,11,19H2/t16-/m1/s1. The Labute approximate surface area is 128 Å². The zero-order valence-corrected chi connectivity index (χ0v) is 12.0. The second-order valence-corrected chi connectivity index (χ2v) is 5.30. The van der Waals surface area contributed by atoms with Crippen LogP contribution in [0.5, 0.6) is 5.75 Å². The maximum absolute atomic E-state index is 13.1. The fourth-order valence-corrected chi connectivity index (χ4v) is 2.47. The molecular formula is C17H17FN2O2. The maximum Gasteiger partial charge on any atom is 0.243 e. The van der Waals surface area contributed by atoms with Gasteiger partial charge in [0, 0.05) is 12.2 Å². The van der Waals surface area contributed by atoms with E-state index in [1.54, 1.807) is 23.1 Å². The Balaban J connectivity index is 1.63. The van der Waals surface area contributed by atoms with Crippen molar-refractivity contribution in [3.8, 4) is 5.75 Å². The van der Waals surface area contributed by atoms with Crippen LogP contribution >= 0.6 is 0 Å². The molecule has 4 nitrogen and oxygen atoms in total. The van der Waals surface area contributed by atoms with Crippen molar-refractivity contribution in [2.75, 3.05) is 11.4 Å². The summed E-state index contributed by atoms with van der Waals surface area (Å²) in [4.78, 5) is 13.5. The van der Waals surface area contributed by atoms with Gasteiger partial charge in [-0.25, -0.2) is 4.39 Å². The molecule has 0 aromatic heterocycles. The van der Waals surface area contributed by atoms with E-state index in [0.29, 0.717) is 25.3 Å². The van der Waals surface area contributed by atoms with Crippen LogP contribution in [0.3, 0.4) is 0 Å². The molecule has 114 valence electrons. The first-order valence-corrected chi connectivity index (χ1v) is 7.18. The van der Waals surface area contributed by atoms with Crippen molar-refractivity contribution < 1.29 is 13.9 Å². The van der Waals surface area contributed by atoms with Crippen LogP contribution in [0.25, 0.3) is 0 Å². The molecule has 1 atom stereocenters. The third kappa shape index (κ3) is 3.09. The molecule has 1 saturated heterocycles. The van der Waals surface area contributed by atoms with Crippen LogP contribution in [0.4, 0.5) is 10.1 Å². The Morgan fingerprint density at radius 2 is 2.00 bits per heavy atom. The second kappa shape index (κ2) is 6.15. The number of nitrogens with zero attached hydrogens (tertiary/aromatic N) is 1. The summed E-state index contributed by atoms with van der Waals surface area (Å²) in [6, 6.07) is 13.2. The van der Waals surface area contributed by atoms with Crippen LogP contribution < -0.4 is 15.4 Å². The van der Waals surface area contributed by atoms with Crippen LogP contribution in [0, 0.1) is 5.82 Å². The molecule has 2 aromatic rings. The maximum atomic E-state index is 13.1. The lowest BCUT2D eigenvalue weighted by molar-refractivity contribution is -0.118. The minimum atomic E-state index is -0.399. The molecule has 5 heteroatoms. The molecule has 1 amide bonds. The van der Waals surface area contributed by atoms with Gasteiger partial charge in [-0.3, -0.25) is 4.79 Å². The lowest BCUT2D eigenvalue weighted by Gasteiger charge is -2.16. The molecule has 0 spiro atoms. The number of rotatable bonds is 4. The minimum absolute atomic E-state index is 0.0478. The summed E-state index contributed by atoms with van der Waals surface area (Å²) in [5.41, 5.74) is 7.30. The van der Waals surface area contributed by atoms with Crippen molar-refractivity contribution in [2.24, 2.45) is 5.73 Å². The van der Waals surface area contributed by atoms with E-state index in [0.717, 1.165) is 11.3 Å². The second-order valence-electron chi connectivity index (χ2n) is 5.30. The highest BCUT2D eigenvalue weighted by atomic mass is 19.1. The molecule has 1 fully saturated rings. The van der Waals surface area contributed by atoms with Gasteiger partial charge in [-0.1, -0.05) is 12.1 Å². The number of anilines is 1. The number of carbonyl (C=O) groups excluding carboxylic acids is 1. The van der Waals surface area contributed by atoms with Gasteiger partial charge < -0.3 is 15.4 Å². The highest BCUT2D eigenvalue weighted by molar-refractivity contribution is 5.99. The van der Waals surface area contributed by atoms with Gasteiger partial charge in [-0.05, 0) is 48.4 Å². The smallest absolute Gasteiger partial charge is 0.243 e. The third-order valence-electron chi connectivity index (χ3n) is 3.69. The van der Waals surface area contributed by atoms with Crippen molar-refractivity contribution in [1.29, 1.82) is 0 Å². The van der Waals surface area contributed by atoms with E-state index < -0.39 is 6.04 Å². The topological polar surface area (TPSA) is 55.6 Å². The predicted molar refractivity (Wildman–Crippen MR) is 82.1 cm³/mol. The Morgan fingerprint density at radius 1 is 1.23 bits per heavy atom. The molecule has 0 aliphatic carbocycles. The van der Waals surface area contributed by atoms with Crippen LogP contribution in [0.2, 0.25) is 0 Å². The number of hydrogen-bond donors (Lipinski definition) is 1. The summed E-state index contributed by atoms with van der Waals surface area (Å²) in [6.45, 7) is 0.939. The van der Waals surface area contributed by atoms with Crippen LogP contribution in [-0.4, -0.2) is 18.5 Å². The van der Waals surface area contributed by atoms with Crippen molar-refractivity contribution in [3.63, 3.8) is 0 Å². The van der Waals surface area contributed by atoms with Crippen LogP contribution in [0.15, 0.2) is 48.5 Å². The number of hydrogen-bond acceptors (Lipinski definition) is 3. The Hall–Kier alpha value is -2.40. The first-order valence-electron chi connectivity index (χ1n) is 7.18. The quantitative estimate of drug-likeness (QED) is 0.943. The Morgan fingerprint density at radius 3 is 2.64 bits per heavy atom. The van der Waals surface area contributed by atoms with Crippen molar-refractivity contribution >= 4 is 11.6 Å².